The van der Waals surface area contributed by atoms with Crippen molar-refractivity contribution in [3.63, 3.8) is 0 Å². The summed E-state index contributed by atoms with van der Waals surface area (Å²) in [7, 11) is 0. The number of ether oxygens (including phenoxy) is 1. The Morgan fingerprint density at radius 2 is 1.41 bits per heavy atom. The molecular formula is C27H41NO. The van der Waals surface area contributed by atoms with Gasteiger partial charge in [0.2, 0.25) is 0 Å². The lowest BCUT2D eigenvalue weighted by atomic mass is 9.77. The third kappa shape index (κ3) is 5.85. The van der Waals surface area contributed by atoms with E-state index in [1.54, 1.807) is 0 Å². The minimum absolute atomic E-state index is 0.119. The predicted molar refractivity (Wildman–Crippen MR) is 127 cm³/mol. The van der Waals surface area contributed by atoms with Crippen LogP contribution in [-0.2, 0) is 10.8 Å². The fraction of sp³-hybridized carbons (Fsp3) is 0.556. The zero-order valence-electron chi connectivity index (χ0n) is 19.5. The largest absolute Gasteiger partial charge is 0.494 e. The van der Waals surface area contributed by atoms with E-state index in [-0.39, 0.29) is 10.8 Å². The van der Waals surface area contributed by atoms with E-state index in [4.69, 9.17) is 10.5 Å². The number of rotatable bonds is 11. The molecule has 0 aliphatic carbocycles. The Morgan fingerprint density at radius 3 is 1.97 bits per heavy atom. The summed E-state index contributed by atoms with van der Waals surface area (Å²) in [6, 6.07) is 15.9. The van der Waals surface area contributed by atoms with E-state index in [1.807, 2.05) is 0 Å². The molecule has 0 radical (unpaired) electrons. The van der Waals surface area contributed by atoms with Crippen LogP contribution in [0.1, 0.15) is 84.8 Å². The highest BCUT2D eigenvalue weighted by molar-refractivity contribution is 5.67. The number of unbranched alkanes of at least 4 members (excludes halogenated alkanes) is 1. The summed E-state index contributed by atoms with van der Waals surface area (Å²) < 4.78 is 6.11. The van der Waals surface area contributed by atoms with Crippen LogP contribution in [0.15, 0.2) is 42.5 Å². The van der Waals surface area contributed by atoms with E-state index in [1.165, 1.54) is 22.3 Å². The third-order valence-corrected chi connectivity index (χ3v) is 6.91. The van der Waals surface area contributed by atoms with Crippen molar-refractivity contribution >= 4 is 0 Å². The number of nitrogens with two attached hydrogens (primary N) is 1. The highest BCUT2D eigenvalue weighted by Crippen LogP contribution is 2.36. The molecule has 0 aliphatic rings. The fourth-order valence-corrected chi connectivity index (χ4v) is 3.60. The average molecular weight is 396 g/mol. The highest BCUT2D eigenvalue weighted by atomic mass is 16.5. The van der Waals surface area contributed by atoms with Crippen LogP contribution in [0, 0.1) is 0 Å². The van der Waals surface area contributed by atoms with Gasteiger partial charge in [0.05, 0.1) is 6.61 Å². The molecule has 2 rings (SSSR count). The zero-order chi connectivity index (χ0) is 21.5. The van der Waals surface area contributed by atoms with Gasteiger partial charge in [-0.15, -0.1) is 0 Å². The topological polar surface area (TPSA) is 35.2 Å². The molecule has 0 atom stereocenters. The van der Waals surface area contributed by atoms with Gasteiger partial charge in [-0.05, 0) is 83.9 Å². The van der Waals surface area contributed by atoms with Gasteiger partial charge in [-0.3, -0.25) is 0 Å². The molecule has 0 bridgehead atoms. The molecule has 2 heteroatoms. The quantitative estimate of drug-likeness (QED) is 0.407. The van der Waals surface area contributed by atoms with E-state index < -0.39 is 0 Å². The maximum absolute atomic E-state index is 6.11. The summed E-state index contributed by atoms with van der Waals surface area (Å²) in [4.78, 5) is 0. The van der Waals surface area contributed by atoms with Gasteiger partial charge in [0.1, 0.15) is 5.75 Å². The number of hydrogen-bond donors (Lipinski definition) is 1. The van der Waals surface area contributed by atoms with Crippen LogP contribution in [0.4, 0.5) is 0 Å². The predicted octanol–water partition coefficient (Wildman–Crippen LogP) is 7.24. The van der Waals surface area contributed by atoms with E-state index >= 15 is 0 Å². The normalized spacial score (nSPS) is 12.2. The van der Waals surface area contributed by atoms with Gasteiger partial charge >= 0.3 is 0 Å². The zero-order valence-corrected chi connectivity index (χ0v) is 19.5. The molecule has 0 spiro atoms. The standard InChI is InChI=1S/C27H41NO/c1-7-26(4,5)24-18-22(19-25(20-24)29-17-11-10-16-28)21-12-14-23(15-13-21)27(6,8-2)9-3/h12-15,18-20H,7-11,16-17,28H2,1-6H3. The molecule has 29 heavy (non-hydrogen) atoms. The summed E-state index contributed by atoms with van der Waals surface area (Å²) in [6.45, 7) is 15.2. The minimum Gasteiger partial charge on any atom is -0.494 e. The van der Waals surface area contributed by atoms with E-state index in [0.29, 0.717) is 0 Å². The summed E-state index contributed by atoms with van der Waals surface area (Å²) in [5, 5.41) is 0. The molecule has 2 aromatic rings. The van der Waals surface area contributed by atoms with Crippen molar-refractivity contribution in [2.24, 2.45) is 5.73 Å². The van der Waals surface area contributed by atoms with Gasteiger partial charge < -0.3 is 10.5 Å². The Labute approximate surface area is 178 Å². The molecule has 0 heterocycles. The average Bonchev–Trinajstić information content (AvgIpc) is 2.76. The van der Waals surface area contributed by atoms with E-state index in [0.717, 1.165) is 51.0 Å². The first-order valence-electron chi connectivity index (χ1n) is 11.4. The molecule has 0 amide bonds. The Hall–Kier alpha value is -1.80. The third-order valence-electron chi connectivity index (χ3n) is 6.91. The molecule has 0 aromatic heterocycles. The molecule has 0 unspecified atom stereocenters. The van der Waals surface area contributed by atoms with Crippen molar-refractivity contribution < 1.29 is 4.74 Å². The van der Waals surface area contributed by atoms with Gasteiger partial charge in [-0.25, -0.2) is 0 Å². The molecule has 0 saturated carbocycles. The summed E-state index contributed by atoms with van der Waals surface area (Å²) >= 11 is 0. The van der Waals surface area contributed by atoms with Crippen LogP contribution in [0.2, 0.25) is 0 Å². The Bertz CT molecular complexity index is 757. The van der Waals surface area contributed by atoms with Crippen molar-refractivity contribution in [1.82, 2.24) is 0 Å². The molecule has 0 fully saturated rings. The minimum atomic E-state index is 0.119. The van der Waals surface area contributed by atoms with Crippen LogP contribution in [0.3, 0.4) is 0 Å². The van der Waals surface area contributed by atoms with Crippen molar-refractivity contribution in [2.45, 2.75) is 84.5 Å². The number of hydrogen-bond acceptors (Lipinski definition) is 2. The molecular weight excluding hydrogens is 354 g/mol. The van der Waals surface area contributed by atoms with Gasteiger partial charge in [0.15, 0.2) is 0 Å². The molecule has 160 valence electrons. The van der Waals surface area contributed by atoms with Crippen molar-refractivity contribution in [2.75, 3.05) is 13.2 Å². The first-order chi connectivity index (χ1) is 13.8. The van der Waals surface area contributed by atoms with Crippen LogP contribution in [-0.4, -0.2) is 13.2 Å². The second kappa shape index (κ2) is 10.3. The first kappa shape index (κ1) is 23.5. The monoisotopic (exact) mass is 395 g/mol. The van der Waals surface area contributed by atoms with Crippen LogP contribution in [0.5, 0.6) is 5.75 Å². The maximum atomic E-state index is 6.11. The Morgan fingerprint density at radius 1 is 0.759 bits per heavy atom. The maximum Gasteiger partial charge on any atom is 0.120 e. The lowest BCUT2D eigenvalue weighted by Gasteiger charge is -2.28. The SMILES string of the molecule is CCC(C)(C)c1cc(OCCCCN)cc(-c2ccc(C(C)(CC)CC)cc2)c1. The molecule has 2 nitrogen and oxygen atoms in total. The van der Waals surface area contributed by atoms with E-state index in [9.17, 15) is 0 Å². The summed E-state index contributed by atoms with van der Waals surface area (Å²) in [5.41, 5.74) is 11.2. The smallest absolute Gasteiger partial charge is 0.120 e. The Kier molecular flexibility index (Phi) is 8.34. The lowest BCUT2D eigenvalue weighted by Crippen LogP contribution is -2.19. The molecule has 2 aromatic carbocycles. The van der Waals surface area contributed by atoms with Gasteiger partial charge in [0.25, 0.3) is 0 Å². The Balaban J connectivity index is 2.38. The first-order valence-corrected chi connectivity index (χ1v) is 11.4. The molecule has 2 N–H and O–H groups in total. The van der Waals surface area contributed by atoms with Crippen molar-refractivity contribution in [3.05, 3.63) is 53.6 Å². The van der Waals surface area contributed by atoms with Crippen LogP contribution < -0.4 is 10.5 Å². The summed E-state index contributed by atoms with van der Waals surface area (Å²) in [6.07, 6.45) is 5.40. The van der Waals surface area contributed by atoms with Gasteiger partial charge in [0, 0.05) is 0 Å². The molecule has 0 saturated heterocycles. The van der Waals surface area contributed by atoms with E-state index in [2.05, 4.69) is 84.0 Å². The van der Waals surface area contributed by atoms with Crippen molar-refractivity contribution in [3.8, 4) is 16.9 Å². The van der Waals surface area contributed by atoms with Crippen molar-refractivity contribution in [1.29, 1.82) is 0 Å². The van der Waals surface area contributed by atoms with Crippen LogP contribution in [0.25, 0.3) is 11.1 Å². The highest BCUT2D eigenvalue weighted by Gasteiger charge is 2.23. The van der Waals surface area contributed by atoms with Crippen LogP contribution >= 0.6 is 0 Å². The fourth-order valence-electron chi connectivity index (χ4n) is 3.60. The van der Waals surface area contributed by atoms with Gasteiger partial charge in [-0.1, -0.05) is 71.9 Å². The van der Waals surface area contributed by atoms with Gasteiger partial charge in [-0.2, -0.15) is 0 Å². The molecule has 0 aliphatic heterocycles. The summed E-state index contributed by atoms with van der Waals surface area (Å²) in [5.74, 6) is 0.965. The lowest BCUT2D eigenvalue weighted by molar-refractivity contribution is 0.307. The number of benzene rings is 2. The second-order valence-electron chi connectivity index (χ2n) is 9.17. The second-order valence-corrected chi connectivity index (χ2v) is 9.17.